The second kappa shape index (κ2) is 7.44. The van der Waals surface area contributed by atoms with Gasteiger partial charge in [-0.1, -0.05) is 35.9 Å². The maximum atomic E-state index is 12.9. The highest BCUT2D eigenvalue weighted by molar-refractivity contribution is 5.95. The number of aryl methyl sites for hydroxylation is 2. The standard InChI is InChI=1S/C21H24N4O/c1-15-7-5-8-16(13-15)19(20-22-11-12-25(20)4)23-21(26)17-9-6-10-18(14-17)24(2)3/h5-14,19H,1-4H3,(H,23,26). The second-order valence-electron chi connectivity index (χ2n) is 6.66. The van der Waals surface area contributed by atoms with E-state index in [1.165, 1.54) is 0 Å². The third kappa shape index (κ3) is 3.77. The van der Waals surface area contributed by atoms with Gasteiger partial charge < -0.3 is 14.8 Å². The summed E-state index contributed by atoms with van der Waals surface area (Å²) in [5.74, 6) is 0.677. The van der Waals surface area contributed by atoms with Gasteiger partial charge in [0.25, 0.3) is 5.91 Å². The van der Waals surface area contributed by atoms with Crippen LogP contribution in [0.2, 0.25) is 0 Å². The summed E-state index contributed by atoms with van der Waals surface area (Å²) in [5.41, 5.74) is 3.77. The summed E-state index contributed by atoms with van der Waals surface area (Å²) in [7, 11) is 5.85. The molecule has 5 heteroatoms. The fourth-order valence-corrected chi connectivity index (χ4v) is 2.94. The monoisotopic (exact) mass is 348 g/mol. The van der Waals surface area contributed by atoms with Crippen molar-refractivity contribution in [2.45, 2.75) is 13.0 Å². The molecule has 1 unspecified atom stereocenters. The van der Waals surface area contributed by atoms with Crippen molar-refractivity contribution in [1.82, 2.24) is 14.9 Å². The lowest BCUT2D eigenvalue weighted by molar-refractivity contribution is 0.0941. The fraction of sp³-hybridized carbons (Fsp3) is 0.238. The van der Waals surface area contributed by atoms with Crippen molar-refractivity contribution >= 4 is 11.6 Å². The summed E-state index contributed by atoms with van der Waals surface area (Å²) < 4.78 is 1.93. The van der Waals surface area contributed by atoms with Crippen molar-refractivity contribution in [3.05, 3.63) is 83.4 Å². The molecule has 0 spiro atoms. The van der Waals surface area contributed by atoms with Crippen LogP contribution >= 0.6 is 0 Å². The Bertz CT molecular complexity index is 914. The van der Waals surface area contributed by atoms with E-state index in [2.05, 4.69) is 16.4 Å². The summed E-state index contributed by atoms with van der Waals surface area (Å²) >= 11 is 0. The summed E-state index contributed by atoms with van der Waals surface area (Å²) in [5, 5.41) is 3.15. The Morgan fingerprint density at radius 3 is 2.58 bits per heavy atom. The number of hydrogen-bond acceptors (Lipinski definition) is 3. The maximum absolute atomic E-state index is 12.9. The average molecular weight is 348 g/mol. The van der Waals surface area contributed by atoms with E-state index in [1.54, 1.807) is 6.20 Å². The molecule has 5 nitrogen and oxygen atoms in total. The molecule has 134 valence electrons. The highest BCUT2D eigenvalue weighted by Crippen LogP contribution is 2.22. The molecule has 1 heterocycles. The Kier molecular flexibility index (Phi) is 5.07. The molecule has 26 heavy (non-hydrogen) atoms. The molecule has 3 aromatic rings. The van der Waals surface area contributed by atoms with Crippen molar-refractivity contribution in [3.8, 4) is 0 Å². The van der Waals surface area contributed by atoms with Crippen LogP contribution in [0, 0.1) is 6.92 Å². The third-order valence-corrected chi connectivity index (χ3v) is 4.39. The zero-order chi connectivity index (χ0) is 18.7. The summed E-state index contributed by atoms with van der Waals surface area (Å²) in [4.78, 5) is 19.4. The van der Waals surface area contributed by atoms with Crippen LogP contribution in [0.1, 0.15) is 33.4 Å². The van der Waals surface area contributed by atoms with Crippen LogP contribution in [-0.2, 0) is 7.05 Å². The molecule has 1 N–H and O–H groups in total. The molecule has 0 saturated carbocycles. The van der Waals surface area contributed by atoms with Crippen molar-refractivity contribution in [3.63, 3.8) is 0 Å². The summed E-state index contributed by atoms with van der Waals surface area (Å²) in [6.07, 6.45) is 3.63. The van der Waals surface area contributed by atoms with Gasteiger partial charge in [-0.15, -0.1) is 0 Å². The van der Waals surface area contributed by atoms with Gasteiger partial charge in [-0.3, -0.25) is 4.79 Å². The third-order valence-electron chi connectivity index (χ3n) is 4.39. The smallest absolute Gasteiger partial charge is 0.252 e. The van der Waals surface area contributed by atoms with E-state index in [0.717, 1.165) is 22.6 Å². The van der Waals surface area contributed by atoms with Gasteiger partial charge >= 0.3 is 0 Å². The van der Waals surface area contributed by atoms with E-state index in [1.807, 2.05) is 86.2 Å². The second-order valence-corrected chi connectivity index (χ2v) is 6.66. The number of hydrogen-bond donors (Lipinski definition) is 1. The molecule has 0 bridgehead atoms. The zero-order valence-electron chi connectivity index (χ0n) is 15.6. The van der Waals surface area contributed by atoms with Crippen LogP contribution in [-0.4, -0.2) is 29.6 Å². The van der Waals surface area contributed by atoms with E-state index in [0.29, 0.717) is 5.56 Å². The number of rotatable bonds is 5. The molecule has 2 aromatic carbocycles. The molecule has 0 saturated heterocycles. The number of carbonyl (C=O) groups excluding carboxylic acids is 1. The lowest BCUT2D eigenvalue weighted by atomic mass is 10.0. The Morgan fingerprint density at radius 2 is 1.92 bits per heavy atom. The van der Waals surface area contributed by atoms with Crippen molar-refractivity contribution in [1.29, 1.82) is 0 Å². The number of amides is 1. The molecular weight excluding hydrogens is 324 g/mol. The Morgan fingerprint density at radius 1 is 1.15 bits per heavy atom. The molecule has 1 amide bonds. The van der Waals surface area contributed by atoms with E-state index >= 15 is 0 Å². The number of carbonyl (C=O) groups is 1. The molecule has 3 rings (SSSR count). The van der Waals surface area contributed by atoms with Gasteiger partial charge in [0, 0.05) is 44.8 Å². The van der Waals surface area contributed by atoms with Crippen LogP contribution in [0.15, 0.2) is 60.9 Å². The largest absolute Gasteiger partial charge is 0.378 e. The Labute approximate surface area is 154 Å². The van der Waals surface area contributed by atoms with Crippen LogP contribution < -0.4 is 10.2 Å². The quantitative estimate of drug-likeness (QED) is 0.769. The Hall–Kier alpha value is -3.08. The van der Waals surface area contributed by atoms with Gasteiger partial charge in [-0.2, -0.15) is 0 Å². The number of aromatic nitrogens is 2. The normalized spacial score (nSPS) is 11.8. The van der Waals surface area contributed by atoms with Gasteiger partial charge in [-0.05, 0) is 30.7 Å². The summed E-state index contributed by atoms with van der Waals surface area (Å²) in [6.45, 7) is 2.04. The SMILES string of the molecule is Cc1cccc(C(NC(=O)c2cccc(N(C)C)c2)c2nccn2C)c1. The van der Waals surface area contributed by atoms with Crippen molar-refractivity contribution < 1.29 is 4.79 Å². The van der Waals surface area contributed by atoms with Crippen LogP contribution in [0.25, 0.3) is 0 Å². The van der Waals surface area contributed by atoms with Crippen molar-refractivity contribution in [2.75, 3.05) is 19.0 Å². The van der Waals surface area contributed by atoms with Crippen molar-refractivity contribution in [2.24, 2.45) is 7.05 Å². The molecular formula is C21H24N4O. The molecule has 0 aliphatic rings. The van der Waals surface area contributed by atoms with E-state index in [-0.39, 0.29) is 11.9 Å². The van der Waals surface area contributed by atoms with Crippen LogP contribution in [0.4, 0.5) is 5.69 Å². The van der Waals surface area contributed by atoms with Gasteiger partial charge in [-0.25, -0.2) is 4.98 Å². The van der Waals surface area contributed by atoms with E-state index < -0.39 is 0 Å². The van der Waals surface area contributed by atoms with Crippen LogP contribution in [0.5, 0.6) is 0 Å². The highest BCUT2D eigenvalue weighted by Gasteiger charge is 2.21. The van der Waals surface area contributed by atoms with Gasteiger partial charge in [0.15, 0.2) is 0 Å². The first kappa shape index (κ1) is 17.7. The molecule has 0 radical (unpaired) electrons. The van der Waals surface area contributed by atoms with E-state index in [9.17, 15) is 4.79 Å². The van der Waals surface area contributed by atoms with Crippen LogP contribution in [0.3, 0.4) is 0 Å². The van der Waals surface area contributed by atoms with Gasteiger partial charge in [0.2, 0.25) is 0 Å². The molecule has 0 aliphatic carbocycles. The number of anilines is 1. The minimum absolute atomic E-state index is 0.122. The topological polar surface area (TPSA) is 50.2 Å². The first-order chi connectivity index (χ1) is 12.5. The Balaban J connectivity index is 1.95. The number of imidazole rings is 1. The molecule has 0 fully saturated rings. The predicted molar refractivity (Wildman–Crippen MR) is 104 cm³/mol. The minimum atomic E-state index is -0.314. The number of nitrogens with one attached hydrogen (secondary N) is 1. The summed E-state index contributed by atoms with van der Waals surface area (Å²) in [6, 6.07) is 15.4. The zero-order valence-corrected chi connectivity index (χ0v) is 15.6. The lowest BCUT2D eigenvalue weighted by Crippen LogP contribution is -2.31. The minimum Gasteiger partial charge on any atom is -0.378 e. The molecule has 1 aromatic heterocycles. The first-order valence-electron chi connectivity index (χ1n) is 8.58. The average Bonchev–Trinajstić information content (AvgIpc) is 3.05. The maximum Gasteiger partial charge on any atom is 0.252 e. The van der Waals surface area contributed by atoms with Gasteiger partial charge in [0.05, 0.1) is 0 Å². The van der Waals surface area contributed by atoms with E-state index in [4.69, 9.17) is 0 Å². The highest BCUT2D eigenvalue weighted by atomic mass is 16.1. The first-order valence-corrected chi connectivity index (χ1v) is 8.58. The fourth-order valence-electron chi connectivity index (χ4n) is 2.94. The molecule has 1 atom stereocenters. The predicted octanol–water partition coefficient (Wildman–Crippen LogP) is 3.31. The van der Waals surface area contributed by atoms with Gasteiger partial charge in [0.1, 0.15) is 11.9 Å². The number of benzene rings is 2. The number of nitrogens with zero attached hydrogens (tertiary/aromatic N) is 3. The molecule has 0 aliphatic heterocycles. The lowest BCUT2D eigenvalue weighted by Gasteiger charge is -2.20.